The lowest BCUT2D eigenvalue weighted by molar-refractivity contribution is 0.127. The molecule has 0 saturated carbocycles. The predicted octanol–water partition coefficient (Wildman–Crippen LogP) is 3.12. The number of piperidine rings is 1. The highest BCUT2D eigenvalue weighted by Gasteiger charge is 2.46. The summed E-state index contributed by atoms with van der Waals surface area (Å²) in [6.07, 6.45) is 4.94. The summed E-state index contributed by atoms with van der Waals surface area (Å²) in [6.45, 7) is 2.83. The van der Waals surface area contributed by atoms with Crippen molar-refractivity contribution in [2.45, 2.75) is 50.2 Å². The summed E-state index contributed by atoms with van der Waals surface area (Å²) in [5, 5.41) is 3.78. The largest absolute Gasteiger partial charge is 0.377 e. The first kappa shape index (κ1) is 14.4. The van der Waals surface area contributed by atoms with Crippen LogP contribution in [0.2, 0.25) is 0 Å². The van der Waals surface area contributed by atoms with Crippen molar-refractivity contribution in [2.75, 3.05) is 18.9 Å². The number of hydrogen-bond donors (Lipinski definition) is 2. The van der Waals surface area contributed by atoms with Gasteiger partial charge in [0, 0.05) is 28.8 Å². The number of nitrogens with zero attached hydrogens (tertiary/aromatic N) is 1. The maximum Gasteiger partial charge on any atom is 0.0525 e. The van der Waals surface area contributed by atoms with E-state index in [1.54, 1.807) is 0 Å². The monoisotopic (exact) mass is 337 g/mol. The normalized spacial score (nSPS) is 33.4. The molecule has 3 rings (SSSR count). The molecule has 2 aliphatic rings. The number of fused-ring (bicyclic) bond motifs is 2. The zero-order valence-electron chi connectivity index (χ0n) is 12.3. The molecule has 0 aromatic heterocycles. The summed E-state index contributed by atoms with van der Waals surface area (Å²) < 4.78 is 1.13. The van der Waals surface area contributed by atoms with Gasteiger partial charge in [0.2, 0.25) is 0 Å². The quantitative estimate of drug-likeness (QED) is 0.890. The molecule has 3 N–H and O–H groups in total. The van der Waals surface area contributed by atoms with Crippen molar-refractivity contribution in [1.29, 1.82) is 0 Å². The summed E-state index contributed by atoms with van der Waals surface area (Å²) >= 11 is 3.65. The van der Waals surface area contributed by atoms with Crippen molar-refractivity contribution in [1.82, 2.24) is 4.90 Å². The zero-order valence-corrected chi connectivity index (χ0v) is 13.9. The second-order valence-corrected chi connectivity index (χ2v) is 7.41. The van der Waals surface area contributed by atoms with E-state index in [2.05, 4.69) is 58.3 Å². The highest BCUT2D eigenvalue weighted by molar-refractivity contribution is 9.10. The van der Waals surface area contributed by atoms with Gasteiger partial charge in [-0.2, -0.15) is 0 Å². The molecule has 1 aromatic carbocycles. The molecule has 2 fully saturated rings. The Balaban J connectivity index is 1.85. The molecule has 0 amide bonds. The Labute approximate surface area is 130 Å². The molecule has 4 heteroatoms. The molecule has 110 valence electrons. The fourth-order valence-corrected chi connectivity index (χ4v) is 4.25. The third-order valence-electron chi connectivity index (χ3n) is 5.15. The number of rotatable bonds is 3. The van der Waals surface area contributed by atoms with Gasteiger partial charge in [-0.25, -0.2) is 0 Å². The Bertz CT molecular complexity index is 488. The summed E-state index contributed by atoms with van der Waals surface area (Å²) in [6, 6.07) is 7.83. The van der Waals surface area contributed by atoms with Crippen LogP contribution in [0.1, 0.15) is 31.2 Å². The van der Waals surface area contributed by atoms with Crippen molar-refractivity contribution in [3.63, 3.8) is 0 Å². The van der Waals surface area contributed by atoms with Gasteiger partial charge in [0.15, 0.2) is 0 Å². The van der Waals surface area contributed by atoms with Crippen molar-refractivity contribution in [3.8, 4) is 0 Å². The number of hydrogen-bond acceptors (Lipinski definition) is 3. The fourth-order valence-electron chi connectivity index (χ4n) is 3.91. The molecule has 0 spiro atoms. The average Bonchev–Trinajstić information content (AvgIpc) is 2.65. The Morgan fingerprint density at radius 2 is 2.00 bits per heavy atom. The molecule has 0 radical (unpaired) electrons. The molecule has 2 aliphatic heterocycles. The summed E-state index contributed by atoms with van der Waals surface area (Å²) in [5.74, 6) is 0. The minimum Gasteiger partial charge on any atom is -0.377 e. The third-order valence-corrected chi connectivity index (χ3v) is 5.84. The van der Waals surface area contributed by atoms with Crippen molar-refractivity contribution in [3.05, 3.63) is 28.2 Å². The summed E-state index contributed by atoms with van der Waals surface area (Å²) in [4.78, 5) is 2.56. The van der Waals surface area contributed by atoms with E-state index in [1.165, 1.54) is 24.1 Å². The zero-order chi connectivity index (χ0) is 14.3. The van der Waals surface area contributed by atoms with Crippen LogP contribution in [0.4, 0.5) is 5.69 Å². The van der Waals surface area contributed by atoms with E-state index < -0.39 is 0 Å². The Morgan fingerprint density at radius 1 is 1.35 bits per heavy atom. The van der Waals surface area contributed by atoms with Crippen LogP contribution in [0.25, 0.3) is 0 Å². The lowest BCUT2D eigenvalue weighted by Crippen LogP contribution is -2.57. The molecule has 3 nitrogen and oxygen atoms in total. The van der Waals surface area contributed by atoms with Gasteiger partial charge in [-0.05, 0) is 73.3 Å². The first-order valence-electron chi connectivity index (χ1n) is 7.49. The number of anilines is 1. The molecule has 2 saturated heterocycles. The SMILES string of the molecule is Cc1ccc(Br)c(NC2(CN)CC3CCC(C2)N3C)c1. The summed E-state index contributed by atoms with van der Waals surface area (Å²) in [5.41, 5.74) is 8.68. The topological polar surface area (TPSA) is 41.3 Å². The lowest BCUT2D eigenvalue weighted by Gasteiger charge is -2.46. The van der Waals surface area contributed by atoms with E-state index in [4.69, 9.17) is 5.73 Å². The Kier molecular flexibility index (Phi) is 3.82. The minimum atomic E-state index is 0.0503. The molecule has 2 heterocycles. The second-order valence-electron chi connectivity index (χ2n) is 6.55. The van der Waals surface area contributed by atoms with Crippen LogP contribution in [0.5, 0.6) is 0 Å². The third kappa shape index (κ3) is 2.49. The Morgan fingerprint density at radius 3 is 2.60 bits per heavy atom. The van der Waals surface area contributed by atoms with Crippen LogP contribution >= 0.6 is 15.9 Å². The number of benzene rings is 1. The molecule has 20 heavy (non-hydrogen) atoms. The van der Waals surface area contributed by atoms with E-state index in [9.17, 15) is 0 Å². The van der Waals surface area contributed by atoms with Gasteiger partial charge in [0.05, 0.1) is 5.54 Å². The van der Waals surface area contributed by atoms with Crippen LogP contribution in [-0.2, 0) is 0 Å². The molecular weight excluding hydrogens is 314 g/mol. The van der Waals surface area contributed by atoms with E-state index in [1.807, 2.05) is 0 Å². The molecule has 2 bridgehead atoms. The standard InChI is InChI=1S/C16H24BrN3/c1-11-3-6-14(17)15(7-11)19-16(10-18)8-12-4-5-13(9-16)20(12)2/h3,6-7,12-13,19H,4-5,8-10,18H2,1-2H3. The highest BCUT2D eigenvalue weighted by atomic mass is 79.9. The van der Waals surface area contributed by atoms with Gasteiger partial charge in [0.1, 0.15) is 0 Å². The second kappa shape index (κ2) is 5.32. The van der Waals surface area contributed by atoms with Crippen molar-refractivity contribution >= 4 is 21.6 Å². The molecular formula is C16H24BrN3. The van der Waals surface area contributed by atoms with Crippen LogP contribution in [0, 0.1) is 6.92 Å². The maximum absolute atomic E-state index is 6.18. The minimum absolute atomic E-state index is 0.0503. The molecule has 2 atom stereocenters. The van der Waals surface area contributed by atoms with E-state index in [0.29, 0.717) is 18.6 Å². The van der Waals surface area contributed by atoms with Crippen LogP contribution in [0.3, 0.4) is 0 Å². The van der Waals surface area contributed by atoms with Crippen LogP contribution < -0.4 is 11.1 Å². The number of halogens is 1. The van der Waals surface area contributed by atoms with Gasteiger partial charge in [-0.1, -0.05) is 6.07 Å². The number of nitrogens with one attached hydrogen (secondary N) is 1. The number of nitrogens with two attached hydrogens (primary N) is 1. The van der Waals surface area contributed by atoms with Crippen molar-refractivity contribution < 1.29 is 0 Å². The average molecular weight is 338 g/mol. The maximum atomic E-state index is 6.18. The van der Waals surface area contributed by atoms with Gasteiger partial charge in [0.25, 0.3) is 0 Å². The lowest BCUT2D eigenvalue weighted by atomic mass is 9.82. The molecule has 0 aliphatic carbocycles. The van der Waals surface area contributed by atoms with Gasteiger partial charge in [-0.15, -0.1) is 0 Å². The van der Waals surface area contributed by atoms with Crippen LogP contribution in [0.15, 0.2) is 22.7 Å². The van der Waals surface area contributed by atoms with Gasteiger partial charge >= 0.3 is 0 Å². The van der Waals surface area contributed by atoms with Crippen molar-refractivity contribution in [2.24, 2.45) is 5.73 Å². The first-order chi connectivity index (χ1) is 9.53. The fraction of sp³-hybridized carbons (Fsp3) is 0.625. The van der Waals surface area contributed by atoms with Gasteiger partial charge < -0.3 is 16.0 Å². The van der Waals surface area contributed by atoms with Gasteiger partial charge in [-0.3, -0.25) is 0 Å². The Hall–Kier alpha value is -0.580. The van der Waals surface area contributed by atoms with E-state index in [0.717, 1.165) is 17.3 Å². The highest BCUT2D eigenvalue weighted by Crippen LogP contribution is 2.41. The smallest absolute Gasteiger partial charge is 0.0525 e. The van der Waals surface area contributed by atoms with E-state index in [-0.39, 0.29) is 5.54 Å². The van der Waals surface area contributed by atoms with E-state index >= 15 is 0 Å². The predicted molar refractivity (Wildman–Crippen MR) is 88.1 cm³/mol. The first-order valence-corrected chi connectivity index (χ1v) is 8.29. The number of aryl methyl sites for hydroxylation is 1. The van der Waals surface area contributed by atoms with Crippen LogP contribution in [-0.4, -0.2) is 36.1 Å². The molecule has 2 unspecified atom stereocenters. The summed E-state index contributed by atoms with van der Waals surface area (Å²) in [7, 11) is 2.27. The molecule has 1 aromatic rings.